The average molecular weight is 239 g/mol. The number of hydrogen-bond donors (Lipinski definition) is 2. The Hall–Kier alpha value is -1.36. The van der Waals surface area contributed by atoms with E-state index < -0.39 is 6.04 Å². The van der Waals surface area contributed by atoms with Crippen LogP contribution in [-0.4, -0.2) is 16.9 Å². The Labute approximate surface area is 102 Å². The molecule has 5 heteroatoms. The van der Waals surface area contributed by atoms with E-state index in [9.17, 15) is 4.79 Å². The van der Waals surface area contributed by atoms with Crippen molar-refractivity contribution in [3.05, 3.63) is 17.8 Å². The van der Waals surface area contributed by atoms with Gasteiger partial charge in [0.1, 0.15) is 11.8 Å². The van der Waals surface area contributed by atoms with Gasteiger partial charge in [-0.3, -0.25) is 4.79 Å². The maximum absolute atomic E-state index is 11.9. The van der Waals surface area contributed by atoms with Gasteiger partial charge in [0.15, 0.2) is 0 Å². The number of nitrogens with two attached hydrogens (primary N) is 1. The van der Waals surface area contributed by atoms with E-state index in [1.807, 2.05) is 34.6 Å². The Morgan fingerprint density at radius 2 is 2.12 bits per heavy atom. The minimum Gasteiger partial charge on any atom is -0.444 e. The Bertz CT molecular complexity index is 393. The third-order valence-electron chi connectivity index (χ3n) is 2.58. The van der Waals surface area contributed by atoms with Gasteiger partial charge >= 0.3 is 0 Å². The Morgan fingerprint density at radius 3 is 2.53 bits per heavy atom. The number of nitrogens with zero attached hydrogens (tertiary/aromatic N) is 1. The Balaban J connectivity index is 2.63. The van der Waals surface area contributed by atoms with Crippen LogP contribution in [0.15, 0.2) is 10.6 Å². The highest BCUT2D eigenvalue weighted by atomic mass is 16.4. The zero-order valence-electron chi connectivity index (χ0n) is 11.1. The molecule has 1 aromatic rings. The maximum atomic E-state index is 11.9. The molecule has 0 radical (unpaired) electrons. The first-order chi connectivity index (χ1) is 7.71. The summed E-state index contributed by atoms with van der Waals surface area (Å²) in [5.74, 6) is 1.03. The molecule has 0 aliphatic rings. The summed E-state index contributed by atoms with van der Waals surface area (Å²) in [5.41, 5.74) is 5.60. The molecule has 96 valence electrons. The van der Waals surface area contributed by atoms with Crippen LogP contribution in [-0.2, 0) is 4.79 Å². The topological polar surface area (TPSA) is 81.2 Å². The molecular weight excluding hydrogens is 218 g/mol. The van der Waals surface area contributed by atoms with Crippen molar-refractivity contribution < 1.29 is 9.21 Å². The standard InChI is InChI=1S/C12H21N3O2/c1-7-6-14-11(17-7)8(2)15-10(16)9(13)12(3,4)5/h6,8-9H,13H2,1-5H3,(H,15,16)/t8?,9-/m1/s1. The van der Waals surface area contributed by atoms with Crippen LogP contribution in [0, 0.1) is 12.3 Å². The lowest BCUT2D eigenvalue weighted by molar-refractivity contribution is -0.125. The first kappa shape index (κ1) is 13.7. The molecule has 0 saturated heterocycles. The number of amides is 1. The van der Waals surface area contributed by atoms with Crippen molar-refractivity contribution in [3.63, 3.8) is 0 Å². The fraction of sp³-hybridized carbons (Fsp3) is 0.667. The fourth-order valence-electron chi connectivity index (χ4n) is 1.33. The molecule has 1 amide bonds. The van der Waals surface area contributed by atoms with Crippen LogP contribution in [0.25, 0.3) is 0 Å². The summed E-state index contributed by atoms with van der Waals surface area (Å²) >= 11 is 0. The van der Waals surface area contributed by atoms with E-state index in [4.69, 9.17) is 10.2 Å². The molecule has 0 aromatic carbocycles. The molecule has 0 saturated carbocycles. The van der Waals surface area contributed by atoms with E-state index in [0.717, 1.165) is 5.76 Å². The van der Waals surface area contributed by atoms with Crippen LogP contribution in [0.2, 0.25) is 0 Å². The van der Waals surface area contributed by atoms with Gasteiger partial charge in [-0.2, -0.15) is 0 Å². The molecule has 3 N–H and O–H groups in total. The number of rotatable bonds is 3. The SMILES string of the molecule is Cc1cnc(C(C)NC(=O)[C@@H](N)C(C)(C)C)o1. The highest BCUT2D eigenvalue weighted by molar-refractivity contribution is 5.82. The van der Waals surface area contributed by atoms with Crippen molar-refractivity contribution in [2.24, 2.45) is 11.1 Å². The minimum atomic E-state index is -0.555. The second-order valence-electron chi connectivity index (χ2n) is 5.38. The molecule has 0 bridgehead atoms. The normalized spacial score (nSPS) is 15.4. The van der Waals surface area contributed by atoms with Gasteiger partial charge in [0.25, 0.3) is 0 Å². The van der Waals surface area contributed by atoms with Crippen LogP contribution in [0.1, 0.15) is 45.4 Å². The van der Waals surface area contributed by atoms with Gasteiger partial charge in [-0.15, -0.1) is 0 Å². The fourth-order valence-corrected chi connectivity index (χ4v) is 1.33. The molecule has 2 atom stereocenters. The number of oxazole rings is 1. The number of carbonyl (C=O) groups is 1. The third kappa shape index (κ3) is 3.56. The smallest absolute Gasteiger partial charge is 0.238 e. The zero-order valence-corrected chi connectivity index (χ0v) is 11.1. The molecule has 0 aliphatic heterocycles. The summed E-state index contributed by atoms with van der Waals surface area (Å²) in [7, 11) is 0. The highest BCUT2D eigenvalue weighted by Crippen LogP contribution is 2.19. The molecule has 1 heterocycles. The second kappa shape index (κ2) is 4.87. The molecule has 0 spiro atoms. The second-order valence-corrected chi connectivity index (χ2v) is 5.38. The van der Waals surface area contributed by atoms with E-state index in [-0.39, 0.29) is 17.4 Å². The third-order valence-corrected chi connectivity index (χ3v) is 2.58. The van der Waals surface area contributed by atoms with Gasteiger partial charge in [-0.1, -0.05) is 20.8 Å². The summed E-state index contributed by atoms with van der Waals surface area (Å²) in [4.78, 5) is 15.9. The van der Waals surface area contributed by atoms with Crippen LogP contribution in [0.4, 0.5) is 0 Å². The van der Waals surface area contributed by atoms with Crippen LogP contribution in [0.3, 0.4) is 0 Å². The lowest BCUT2D eigenvalue weighted by Crippen LogP contribution is -2.49. The summed E-state index contributed by atoms with van der Waals surface area (Å²) in [6, 6.07) is -0.828. The largest absolute Gasteiger partial charge is 0.444 e. The van der Waals surface area contributed by atoms with Crippen molar-refractivity contribution in [1.29, 1.82) is 0 Å². The van der Waals surface area contributed by atoms with E-state index in [1.54, 1.807) is 6.20 Å². The monoisotopic (exact) mass is 239 g/mol. The van der Waals surface area contributed by atoms with Gasteiger partial charge in [0, 0.05) is 0 Å². The lowest BCUT2D eigenvalue weighted by atomic mass is 9.87. The first-order valence-electron chi connectivity index (χ1n) is 5.70. The van der Waals surface area contributed by atoms with Gasteiger partial charge in [0.2, 0.25) is 11.8 Å². The van der Waals surface area contributed by atoms with E-state index in [2.05, 4.69) is 10.3 Å². The van der Waals surface area contributed by atoms with Crippen molar-refractivity contribution >= 4 is 5.91 Å². The highest BCUT2D eigenvalue weighted by Gasteiger charge is 2.28. The first-order valence-corrected chi connectivity index (χ1v) is 5.70. The molecule has 5 nitrogen and oxygen atoms in total. The summed E-state index contributed by atoms with van der Waals surface area (Å²) in [6.45, 7) is 9.41. The van der Waals surface area contributed by atoms with Crippen molar-refractivity contribution in [3.8, 4) is 0 Å². The van der Waals surface area contributed by atoms with Gasteiger partial charge in [-0.05, 0) is 19.3 Å². The Morgan fingerprint density at radius 1 is 1.53 bits per heavy atom. The number of carbonyl (C=O) groups excluding carboxylic acids is 1. The van der Waals surface area contributed by atoms with E-state index in [0.29, 0.717) is 5.89 Å². The van der Waals surface area contributed by atoms with Crippen LogP contribution >= 0.6 is 0 Å². The Kier molecular flexibility index (Phi) is 3.93. The quantitative estimate of drug-likeness (QED) is 0.838. The summed E-state index contributed by atoms with van der Waals surface area (Å²) < 4.78 is 5.34. The molecule has 17 heavy (non-hydrogen) atoms. The minimum absolute atomic E-state index is 0.194. The molecule has 0 aliphatic carbocycles. The number of aromatic nitrogens is 1. The predicted molar refractivity (Wildman–Crippen MR) is 65.2 cm³/mol. The summed E-state index contributed by atoms with van der Waals surface area (Å²) in [5, 5.41) is 2.80. The molecule has 1 rings (SSSR count). The lowest BCUT2D eigenvalue weighted by Gasteiger charge is -2.26. The van der Waals surface area contributed by atoms with Crippen molar-refractivity contribution in [1.82, 2.24) is 10.3 Å². The van der Waals surface area contributed by atoms with Crippen LogP contribution in [0.5, 0.6) is 0 Å². The molecule has 0 fully saturated rings. The van der Waals surface area contributed by atoms with E-state index >= 15 is 0 Å². The maximum Gasteiger partial charge on any atom is 0.238 e. The van der Waals surface area contributed by atoms with Crippen molar-refractivity contribution in [2.75, 3.05) is 0 Å². The van der Waals surface area contributed by atoms with Gasteiger partial charge < -0.3 is 15.5 Å². The van der Waals surface area contributed by atoms with Crippen molar-refractivity contribution in [2.45, 2.75) is 46.7 Å². The van der Waals surface area contributed by atoms with Crippen LogP contribution < -0.4 is 11.1 Å². The molecular formula is C12H21N3O2. The molecule has 1 aromatic heterocycles. The molecule has 1 unspecified atom stereocenters. The van der Waals surface area contributed by atoms with Gasteiger partial charge in [-0.25, -0.2) is 4.98 Å². The predicted octanol–water partition coefficient (Wildman–Crippen LogP) is 1.53. The number of nitrogens with one attached hydrogen (secondary N) is 1. The number of hydrogen-bond acceptors (Lipinski definition) is 4. The average Bonchev–Trinajstić information content (AvgIpc) is 2.62. The zero-order chi connectivity index (χ0) is 13.2. The van der Waals surface area contributed by atoms with Gasteiger partial charge in [0.05, 0.1) is 12.2 Å². The van der Waals surface area contributed by atoms with E-state index in [1.165, 1.54) is 0 Å². The summed E-state index contributed by atoms with van der Waals surface area (Å²) in [6.07, 6.45) is 1.63. The number of aryl methyl sites for hydroxylation is 1.